The van der Waals surface area contributed by atoms with Crippen LogP contribution in [0.3, 0.4) is 0 Å². The summed E-state index contributed by atoms with van der Waals surface area (Å²) in [6.45, 7) is 10.5. The van der Waals surface area contributed by atoms with Gasteiger partial charge in [-0.1, -0.05) is 88.4 Å². The molecule has 3 rings (SSSR count). The zero-order valence-electron chi connectivity index (χ0n) is 25.9. The minimum absolute atomic E-state index is 0.991. The number of nitrogens with zero attached hydrogens (tertiary/aromatic N) is 3. The lowest BCUT2D eigenvalue weighted by Crippen LogP contribution is -2.77. The van der Waals surface area contributed by atoms with Gasteiger partial charge in [0.2, 0.25) is 0 Å². The minimum atomic E-state index is 0.991. The van der Waals surface area contributed by atoms with Gasteiger partial charge in [0.15, 0.2) is 12.4 Å². The minimum Gasteiger partial charge on any atom is -0.373 e. The summed E-state index contributed by atoms with van der Waals surface area (Å²) >= 11 is 0. The Kier molecular flexibility index (Phi) is 15.1. The molecule has 0 unspecified atom stereocenters. The van der Waals surface area contributed by atoms with Gasteiger partial charge in [0.1, 0.15) is 6.54 Å². The predicted octanol–water partition coefficient (Wildman–Crippen LogP) is 7.17. The van der Waals surface area contributed by atoms with Crippen LogP contribution in [0.2, 0.25) is 0 Å². The maximum Gasteiger partial charge on any atom is 0.169 e. The molecule has 0 radical (unpaired) electrons. The van der Waals surface area contributed by atoms with Crippen LogP contribution >= 0.6 is 21.6 Å². The van der Waals surface area contributed by atoms with E-state index in [4.69, 9.17) is 0 Å². The summed E-state index contributed by atoms with van der Waals surface area (Å²) in [5, 5.41) is 2.18. The van der Waals surface area contributed by atoms with E-state index in [-0.39, 0.29) is 0 Å². The SMILES string of the molecule is C/C=C(\C=C/[NH2+]CC)/C=C/c1ccccc1N(C)CCSSCCN(C)c1ccccc1/C=C/c1cc[n+](CC)cc1. The number of allylic oxidation sites excluding steroid dienone is 4. The molecule has 0 aliphatic carbocycles. The van der Waals surface area contributed by atoms with Gasteiger partial charge in [-0.25, -0.2) is 4.57 Å². The molecule has 0 aliphatic heterocycles. The molecular weight excluding hydrogens is 553 g/mol. The number of para-hydroxylation sites is 2. The van der Waals surface area contributed by atoms with Gasteiger partial charge >= 0.3 is 0 Å². The van der Waals surface area contributed by atoms with Crippen molar-refractivity contribution in [3.63, 3.8) is 0 Å². The highest BCUT2D eigenvalue weighted by molar-refractivity contribution is 8.76. The third kappa shape index (κ3) is 11.2. The zero-order chi connectivity index (χ0) is 30.0. The number of benzene rings is 2. The van der Waals surface area contributed by atoms with Crippen molar-refractivity contribution < 1.29 is 9.88 Å². The third-order valence-electron chi connectivity index (χ3n) is 6.99. The molecule has 1 heterocycles. The van der Waals surface area contributed by atoms with Crippen molar-refractivity contribution in [2.24, 2.45) is 0 Å². The molecule has 0 atom stereocenters. The molecule has 4 nitrogen and oxygen atoms in total. The molecule has 2 N–H and O–H groups in total. The van der Waals surface area contributed by atoms with Crippen molar-refractivity contribution in [2.45, 2.75) is 27.3 Å². The summed E-state index contributed by atoms with van der Waals surface area (Å²) in [7, 11) is 8.31. The molecule has 0 saturated carbocycles. The lowest BCUT2D eigenvalue weighted by Gasteiger charge is -2.22. The van der Waals surface area contributed by atoms with E-state index < -0.39 is 0 Å². The number of hydrogen-bond acceptors (Lipinski definition) is 4. The summed E-state index contributed by atoms with van der Waals surface area (Å²) in [6.07, 6.45) is 19.6. The maximum absolute atomic E-state index is 2.37. The highest BCUT2D eigenvalue weighted by Gasteiger charge is 2.07. The Bertz CT molecular complexity index is 1330. The molecule has 3 aromatic rings. The first-order chi connectivity index (χ1) is 20.5. The molecule has 222 valence electrons. The first-order valence-electron chi connectivity index (χ1n) is 14.9. The Balaban J connectivity index is 1.45. The van der Waals surface area contributed by atoms with Crippen LogP contribution in [0.4, 0.5) is 11.4 Å². The van der Waals surface area contributed by atoms with Gasteiger partial charge in [0, 0.05) is 62.2 Å². The van der Waals surface area contributed by atoms with E-state index in [9.17, 15) is 0 Å². The van der Waals surface area contributed by atoms with Crippen molar-refractivity contribution in [2.75, 3.05) is 55.0 Å². The standard InChI is InChI=1S/C36H47N4S2/c1-6-31(21-24-37-7-2)17-19-33-13-9-11-15-35(33)38(4)27-29-41-42-30-28-39(5)36-16-12-10-14-34(36)20-18-32-22-25-40(8-3)26-23-32/h6,9-26,37H,7-8,27-30H2,1-5H3/q+1/p+1/b19-17+,24-21-,31-6-. The number of pyridine rings is 1. The summed E-state index contributed by atoms with van der Waals surface area (Å²) in [4.78, 5) is 4.74. The molecule has 1 aromatic heterocycles. The fraction of sp³-hybridized carbons (Fsp3) is 0.306. The van der Waals surface area contributed by atoms with Crippen molar-refractivity contribution >= 4 is 51.2 Å². The number of anilines is 2. The number of quaternary nitrogens is 1. The van der Waals surface area contributed by atoms with Gasteiger partial charge in [-0.15, -0.1) is 0 Å². The lowest BCUT2D eigenvalue weighted by atomic mass is 10.1. The second-order valence-corrected chi connectivity index (χ2v) is 12.7. The van der Waals surface area contributed by atoms with E-state index in [1.165, 1.54) is 33.6 Å². The Hall–Kier alpha value is -3.19. The van der Waals surface area contributed by atoms with Crippen molar-refractivity contribution in [1.29, 1.82) is 0 Å². The quantitative estimate of drug-likeness (QED) is 0.0769. The van der Waals surface area contributed by atoms with Crippen LogP contribution in [0.25, 0.3) is 18.2 Å². The number of hydrogen-bond donors (Lipinski definition) is 1. The monoisotopic (exact) mass is 600 g/mol. The molecule has 6 heteroatoms. The fourth-order valence-electron chi connectivity index (χ4n) is 4.39. The molecular formula is C36H48N4S2+2. The summed E-state index contributed by atoms with van der Waals surface area (Å²) in [5.41, 5.74) is 7.46. The van der Waals surface area contributed by atoms with E-state index in [2.05, 4.69) is 170 Å². The number of aryl methyl sites for hydroxylation is 1. The molecule has 42 heavy (non-hydrogen) atoms. The first kappa shape index (κ1) is 33.3. The van der Waals surface area contributed by atoms with E-state index in [1.807, 2.05) is 21.6 Å². The normalized spacial score (nSPS) is 12.2. The molecule has 0 bridgehead atoms. The smallest absolute Gasteiger partial charge is 0.169 e. The second kappa shape index (κ2) is 19.1. The number of rotatable bonds is 17. The van der Waals surface area contributed by atoms with Crippen molar-refractivity contribution in [3.8, 4) is 0 Å². The number of nitrogens with two attached hydrogens (primary N) is 1. The van der Waals surface area contributed by atoms with Crippen LogP contribution < -0.4 is 19.7 Å². The van der Waals surface area contributed by atoms with Gasteiger partial charge < -0.3 is 15.1 Å². The van der Waals surface area contributed by atoms with E-state index >= 15 is 0 Å². The Morgan fingerprint density at radius 2 is 1.33 bits per heavy atom. The van der Waals surface area contributed by atoms with E-state index in [0.29, 0.717) is 0 Å². The van der Waals surface area contributed by atoms with Crippen LogP contribution in [0, 0.1) is 0 Å². The Morgan fingerprint density at radius 1 is 0.762 bits per heavy atom. The topological polar surface area (TPSA) is 27.0 Å². The number of aromatic nitrogens is 1. The van der Waals surface area contributed by atoms with Crippen molar-refractivity contribution in [3.05, 3.63) is 120 Å². The van der Waals surface area contributed by atoms with Crippen LogP contribution in [0.15, 0.2) is 103 Å². The predicted molar refractivity (Wildman–Crippen MR) is 190 cm³/mol. The highest BCUT2D eigenvalue weighted by Crippen LogP contribution is 2.26. The van der Waals surface area contributed by atoms with Gasteiger partial charge in [-0.2, -0.15) is 0 Å². The van der Waals surface area contributed by atoms with Gasteiger partial charge in [-0.3, -0.25) is 0 Å². The summed E-state index contributed by atoms with van der Waals surface area (Å²) in [5.74, 6) is 2.15. The van der Waals surface area contributed by atoms with E-state index in [0.717, 1.165) is 37.7 Å². The largest absolute Gasteiger partial charge is 0.373 e. The second-order valence-electron chi connectivity index (χ2n) is 10.0. The average Bonchev–Trinajstić information content (AvgIpc) is 3.03. The maximum atomic E-state index is 2.37. The molecule has 0 spiro atoms. The van der Waals surface area contributed by atoms with Gasteiger partial charge in [-0.05, 0) is 61.2 Å². The lowest BCUT2D eigenvalue weighted by molar-refractivity contribution is -0.693. The molecule has 0 amide bonds. The molecule has 0 aliphatic rings. The van der Waals surface area contributed by atoms with Gasteiger partial charge in [0.05, 0.1) is 12.7 Å². The van der Waals surface area contributed by atoms with Crippen LogP contribution in [-0.4, -0.2) is 45.2 Å². The van der Waals surface area contributed by atoms with Crippen LogP contribution in [0.5, 0.6) is 0 Å². The summed E-state index contributed by atoms with van der Waals surface area (Å²) in [6, 6.07) is 21.6. The van der Waals surface area contributed by atoms with Crippen molar-refractivity contribution in [1.82, 2.24) is 0 Å². The molecule has 0 saturated heterocycles. The summed E-state index contributed by atoms with van der Waals surface area (Å²) < 4.78 is 2.18. The third-order valence-corrected chi connectivity index (χ3v) is 9.35. The van der Waals surface area contributed by atoms with Gasteiger partial charge in [0.25, 0.3) is 0 Å². The fourth-order valence-corrected chi connectivity index (χ4v) is 6.47. The zero-order valence-corrected chi connectivity index (χ0v) is 27.6. The highest BCUT2D eigenvalue weighted by atomic mass is 33.1. The average molecular weight is 601 g/mol. The first-order valence-corrected chi connectivity index (χ1v) is 17.4. The van der Waals surface area contributed by atoms with Crippen LogP contribution in [-0.2, 0) is 6.54 Å². The van der Waals surface area contributed by atoms with Crippen LogP contribution in [0.1, 0.15) is 37.5 Å². The molecule has 2 aromatic carbocycles. The van der Waals surface area contributed by atoms with E-state index in [1.54, 1.807) is 0 Å². The Labute approximate surface area is 262 Å². The Morgan fingerprint density at radius 3 is 1.88 bits per heavy atom. The molecule has 0 fully saturated rings.